The van der Waals surface area contributed by atoms with Crippen LogP contribution in [0.25, 0.3) is 0 Å². The summed E-state index contributed by atoms with van der Waals surface area (Å²) >= 11 is 5.90. The fraction of sp³-hybridized carbons (Fsp3) is 0.625. The number of benzene rings is 1. The molecule has 0 bridgehead atoms. The van der Waals surface area contributed by atoms with Crippen molar-refractivity contribution in [2.24, 2.45) is 0 Å². The summed E-state index contributed by atoms with van der Waals surface area (Å²) in [5.41, 5.74) is 1.42. The Morgan fingerprint density at radius 3 is 2.26 bits per heavy atom. The van der Waals surface area contributed by atoms with Crippen LogP contribution in [0.4, 0.5) is 0 Å². The molecule has 0 saturated heterocycles. The van der Waals surface area contributed by atoms with E-state index in [1.807, 2.05) is 0 Å². The number of rotatable bonds is 10. The molecule has 0 aromatic heterocycles. The van der Waals surface area contributed by atoms with Crippen molar-refractivity contribution >= 4 is 11.6 Å². The molecule has 0 spiro atoms. The highest BCUT2D eigenvalue weighted by Crippen LogP contribution is 2.01. The summed E-state index contributed by atoms with van der Waals surface area (Å²) in [5.74, 6) is 0.761. The van der Waals surface area contributed by atoms with Crippen LogP contribution in [0.2, 0.25) is 0 Å². The Hall–Kier alpha value is -0.240. The lowest BCUT2D eigenvalue weighted by Crippen LogP contribution is -3.11. The molecule has 0 heterocycles. The van der Waals surface area contributed by atoms with Crippen LogP contribution in [0.1, 0.15) is 44.6 Å². The Morgan fingerprint density at radius 2 is 1.63 bits per heavy atom. The summed E-state index contributed by atoms with van der Waals surface area (Å²) in [6.07, 6.45) is 6.79. The van der Waals surface area contributed by atoms with Crippen molar-refractivity contribution in [3.8, 4) is 0 Å². The van der Waals surface area contributed by atoms with E-state index in [0.717, 1.165) is 19.0 Å². The molecule has 0 aliphatic carbocycles. The van der Waals surface area contributed by atoms with Crippen molar-refractivity contribution in [3.63, 3.8) is 0 Å². The largest absolute Gasteiger partial charge is 1.00 e. The highest BCUT2D eigenvalue weighted by Gasteiger charge is 2.08. The lowest BCUT2D eigenvalue weighted by Gasteiger charge is -2.18. The summed E-state index contributed by atoms with van der Waals surface area (Å²) in [6.45, 7) is 5.71. The predicted molar refractivity (Wildman–Crippen MR) is 80.3 cm³/mol. The third-order valence-electron chi connectivity index (χ3n) is 3.38. The Morgan fingerprint density at radius 1 is 0.947 bits per heavy atom. The Kier molecular flexibility index (Phi) is 12.6. The van der Waals surface area contributed by atoms with Crippen LogP contribution in [-0.4, -0.2) is 19.0 Å². The minimum Gasteiger partial charge on any atom is -1.00 e. The maximum Gasteiger partial charge on any atom is 0.103 e. The average molecular weight is 304 g/mol. The second-order valence-corrected chi connectivity index (χ2v) is 5.39. The smallest absolute Gasteiger partial charge is 0.103 e. The summed E-state index contributed by atoms with van der Waals surface area (Å²) < 4.78 is 0. The van der Waals surface area contributed by atoms with E-state index >= 15 is 0 Å². The minimum atomic E-state index is 0. The number of nitrogens with one attached hydrogen (secondary N) is 1. The zero-order chi connectivity index (χ0) is 13.1. The zero-order valence-corrected chi connectivity index (χ0v) is 13.5. The Bertz CT molecular complexity index is 290. The van der Waals surface area contributed by atoms with Gasteiger partial charge in [-0.25, -0.2) is 0 Å². The molecular formula is C16H27Cl2N. The molecular weight excluding hydrogens is 277 g/mol. The van der Waals surface area contributed by atoms with Crippen LogP contribution in [0.5, 0.6) is 0 Å². The van der Waals surface area contributed by atoms with Crippen LogP contribution >= 0.6 is 11.6 Å². The molecule has 0 saturated carbocycles. The summed E-state index contributed by atoms with van der Waals surface area (Å²) in [7, 11) is 0. The normalized spacial score (nSPS) is 11.9. The van der Waals surface area contributed by atoms with Crippen molar-refractivity contribution in [2.45, 2.75) is 45.6 Å². The molecule has 110 valence electrons. The zero-order valence-electron chi connectivity index (χ0n) is 12.0. The fourth-order valence-corrected chi connectivity index (χ4v) is 2.57. The van der Waals surface area contributed by atoms with Gasteiger partial charge in [-0.1, -0.05) is 56.5 Å². The molecule has 1 unspecified atom stereocenters. The molecule has 0 fully saturated rings. The molecule has 1 rings (SSSR count). The third kappa shape index (κ3) is 9.32. The molecule has 3 heteroatoms. The summed E-state index contributed by atoms with van der Waals surface area (Å²) in [5, 5.41) is 0. The Balaban J connectivity index is 0.00000324. The van der Waals surface area contributed by atoms with Crippen LogP contribution < -0.4 is 17.3 Å². The van der Waals surface area contributed by atoms with Gasteiger partial charge in [0.1, 0.15) is 6.54 Å². The van der Waals surface area contributed by atoms with Crippen LogP contribution in [0, 0.1) is 0 Å². The molecule has 0 radical (unpaired) electrons. The van der Waals surface area contributed by atoms with E-state index in [1.54, 1.807) is 4.90 Å². The number of hydrogen-bond acceptors (Lipinski definition) is 0. The predicted octanol–water partition coefficient (Wildman–Crippen LogP) is 0.285. The number of unbranched alkanes of at least 4 members (excludes halogenated alkanes) is 4. The van der Waals surface area contributed by atoms with Gasteiger partial charge in [0, 0.05) is 5.56 Å². The van der Waals surface area contributed by atoms with Crippen molar-refractivity contribution in [1.82, 2.24) is 0 Å². The van der Waals surface area contributed by atoms with E-state index in [2.05, 4.69) is 37.3 Å². The lowest BCUT2D eigenvalue weighted by atomic mass is 10.1. The number of halogens is 2. The highest BCUT2D eigenvalue weighted by molar-refractivity contribution is 6.17. The number of quaternary nitrogens is 1. The van der Waals surface area contributed by atoms with Crippen molar-refractivity contribution < 1.29 is 17.3 Å². The molecule has 1 nitrogen and oxygen atoms in total. The van der Waals surface area contributed by atoms with Gasteiger partial charge in [-0.15, -0.1) is 11.6 Å². The molecule has 0 aliphatic rings. The average Bonchev–Trinajstić information content (AvgIpc) is 2.40. The van der Waals surface area contributed by atoms with Crippen molar-refractivity contribution in [3.05, 3.63) is 35.9 Å². The van der Waals surface area contributed by atoms with Gasteiger partial charge in [-0.3, -0.25) is 0 Å². The molecule has 1 aromatic carbocycles. The summed E-state index contributed by atoms with van der Waals surface area (Å²) in [4.78, 5) is 1.62. The van der Waals surface area contributed by atoms with Crippen LogP contribution in [-0.2, 0) is 6.54 Å². The second-order valence-electron chi connectivity index (χ2n) is 5.02. The first kappa shape index (κ1) is 18.8. The first-order chi connectivity index (χ1) is 8.86. The molecule has 0 aliphatic heterocycles. The lowest BCUT2D eigenvalue weighted by molar-refractivity contribution is -0.911. The van der Waals surface area contributed by atoms with Crippen molar-refractivity contribution in [1.29, 1.82) is 0 Å². The van der Waals surface area contributed by atoms with Gasteiger partial charge < -0.3 is 17.3 Å². The second kappa shape index (κ2) is 12.8. The maximum absolute atomic E-state index is 5.90. The molecule has 1 aromatic rings. The van der Waals surface area contributed by atoms with E-state index in [1.165, 1.54) is 44.2 Å². The van der Waals surface area contributed by atoms with E-state index in [0.29, 0.717) is 0 Å². The first-order valence-electron chi connectivity index (χ1n) is 7.30. The maximum atomic E-state index is 5.90. The van der Waals surface area contributed by atoms with Gasteiger partial charge in [-0.2, -0.15) is 0 Å². The fourth-order valence-electron chi connectivity index (χ4n) is 2.30. The van der Waals surface area contributed by atoms with Gasteiger partial charge in [0.05, 0.1) is 19.0 Å². The highest BCUT2D eigenvalue weighted by atomic mass is 35.5. The van der Waals surface area contributed by atoms with Gasteiger partial charge in [0.15, 0.2) is 0 Å². The topological polar surface area (TPSA) is 4.44 Å². The summed E-state index contributed by atoms with van der Waals surface area (Å²) in [6, 6.07) is 10.7. The van der Waals surface area contributed by atoms with Crippen LogP contribution in [0.3, 0.4) is 0 Å². The monoisotopic (exact) mass is 303 g/mol. The van der Waals surface area contributed by atoms with E-state index in [9.17, 15) is 0 Å². The van der Waals surface area contributed by atoms with Crippen molar-refractivity contribution in [2.75, 3.05) is 19.0 Å². The van der Waals surface area contributed by atoms with Crippen LogP contribution in [0.15, 0.2) is 30.3 Å². The van der Waals surface area contributed by atoms with Gasteiger partial charge in [0.25, 0.3) is 0 Å². The molecule has 0 amide bonds. The standard InChI is InChI=1S/C16H26ClN.ClH/c1-2-3-4-5-9-13-18(14-12-17)15-16-10-7-6-8-11-16;/h6-8,10-11H,2-5,9,12-15H2,1H3;1H. The van der Waals surface area contributed by atoms with E-state index in [4.69, 9.17) is 11.6 Å². The molecule has 19 heavy (non-hydrogen) atoms. The first-order valence-corrected chi connectivity index (χ1v) is 7.83. The third-order valence-corrected chi connectivity index (χ3v) is 3.57. The Labute approximate surface area is 129 Å². The minimum absolute atomic E-state index is 0. The van der Waals surface area contributed by atoms with E-state index < -0.39 is 0 Å². The quantitative estimate of drug-likeness (QED) is 0.468. The SMILES string of the molecule is CCCCCCC[NH+](CCCl)Cc1ccccc1.[Cl-]. The number of alkyl halides is 1. The van der Waals surface area contributed by atoms with Gasteiger partial charge >= 0.3 is 0 Å². The van der Waals surface area contributed by atoms with Gasteiger partial charge in [0.2, 0.25) is 0 Å². The van der Waals surface area contributed by atoms with Gasteiger partial charge in [-0.05, 0) is 12.8 Å². The van der Waals surface area contributed by atoms with E-state index in [-0.39, 0.29) is 12.4 Å². The molecule has 1 N–H and O–H groups in total. The molecule has 1 atom stereocenters. The number of hydrogen-bond donors (Lipinski definition) is 1.